The van der Waals surface area contributed by atoms with Crippen molar-refractivity contribution in [2.75, 3.05) is 0 Å². The molecule has 1 fully saturated rings. The van der Waals surface area contributed by atoms with Crippen LogP contribution in [0.15, 0.2) is 17.0 Å². The van der Waals surface area contributed by atoms with Crippen LogP contribution in [0.1, 0.15) is 52.3 Å². The Balaban J connectivity index is 0.000000185. The first-order chi connectivity index (χ1) is 10.8. The van der Waals surface area contributed by atoms with Gasteiger partial charge in [0.2, 0.25) is 0 Å². The number of nitrogens with zero attached hydrogens (tertiary/aromatic N) is 4. The van der Waals surface area contributed by atoms with E-state index in [1.54, 1.807) is 16.9 Å². The Morgan fingerprint density at radius 3 is 2.52 bits per heavy atom. The lowest BCUT2D eigenvalue weighted by Crippen LogP contribution is -2.19. The van der Waals surface area contributed by atoms with Crippen molar-refractivity contribution in [1.82, 2.24) is 19.6 Å². The van der Waals surface area contributed by atoms with Crippen LogP contribution in [0.4, 0.5) is 4.79 Å². The maximum absolute atomic E-state index is 10.2. The van der Waals surface area contributed by atoms with E-state index < -0.39 is 6.09 Å². The number of imidazole rings is 1. The van der Waals surface area contributed by atoms with Crippen LogP contribution in [0.3, 0.4) is 0 Å². The van der Waals surface area contributed by atoms with Crippen LogP contribution < -0.4 is 5.73 Å². The maximum atomic E-state index is 10.2. The fourth-order valence-corrected chi connectivity index (χ4v) is 2.64. The first kappa shape index (κ1) is 17.7. The van der Waals surface area contributed by atoms with E-state index in [0.717, 1.165) is 41.8 Å². The third kappa shape index (κ3) is 4.89. The molecule has 0 aliphatic heterocycles. The van der Waals surface area contributed by atoms with Gasteiger partial charge in [0.25, 0.3) is 0 Å². The summed E-state index contributed by atoms with van der Waals surface area (Å²) in [5, 5.41) is 4.40. The SMILES string of the molecule is CC(C)(C)c1ncc2ncc(Br)n2n1.NC(=O)OC1CCCC1. The molecule has 1 aliphatic carbocycles. The van der Waals surface area contributed by atoms with Gasteiger partial charge in [-0.15, -0.1) is 5.10 Å². The van der Waals surface area contributed by atoms with E-state index in [2.05, 4.69) is 51.8 Å². The molecule has 1 aliphatic rings. The highest BCUT2D eigenvalue weighted by atomic mass is 79.9. The lowest BCUT2D eigenvalue weighted by Gasteiger charge is -2.15. The van der Waals surface area contributed by atoms with Crippen molar-refractivity contribution in [3.05, 3.63) is 22.8 Å². The van der Waals surface area contributed by atoms with Crippen molar-refractivity contribution in [2.45, 2.75) is 58.0 Å². The van der Waals surface area contributed by atoms with E-state index in [0.29, 0.717) is 0 Å². The smallest absolute Gasteiger partial charge is 0.404 e. The molecule has 0 aromatic carbocycles. The maximum Gasteiger partial charge on any atom is 0.404 e. The first-order valence-corrected chi connectivity index (χ1v) is 8.39. The average Bonchev–Trinajstić information content (AvgIpc) is 3.08. The molecule has 2 heterocycles. The van der Waals surface area contributed by atoms with Crippen molar-refractivity contribution >= 4 is 27.7 Å². The van der Waals surface area contributed by atoms with Gasteiger partial charge >= 0.3 is 6.09 Å². The first-order valence-electron chi connectivity index (χ1n) is 7.60. The number of hydrogen-bond acceptors (Lipinski definition) is 5. The van der Waals surface area contributed by atoms with Gasteiger partial charge in [-0.3, -0.25) is 0 Å². The minimum absolute atomic E-state index is 0.0438. The number of carbonyl (C=O) groups excluding carboxylic acids is 1. The molecule has 1 saturated carbocycles. The number of fused-ring (bicyclic) bond motifs is 1. The van der Waals surface area contributed by atoms with Crippen LogP contribution in [0, 0.1) is 0 Å². The highest BCUT2D eigenvalue weighted by molar-refractivity contribution is 9.10. The Bertz CT molecular complexity index is 674. The second kappa shape index (κ2) is 7.25. The fourth-order valence-electron chi connectivity index (χ4n) is 2.28. The van der Waals surface area contributed by atoms with Gasteiger partial charge in [-0.05, 0) is 41.6 Å². The third-order valence-corrected chi connectivity index (χ3v) is 4.02. The molecule has 8 heteroatoms. The molecule has 0 bridgehead atoms. The molecule has 2 aromatic rings. The molecule has 0 unspecified atom stereocenters. The quantitative estimate of drug-likeness (QED) is 0.815. The summed E-state index contributed by atoms with van der Waals surface area (Å²) in [6, 6.07) is 0. The number of nitrogens with two attached hydrogens (primary N) is 1. The lowest BCUT2D eigenvalue weighted by atomic mass is 9.96. The van der Waals surface area contributed by atoms with Crippen LogP contribution >= 0.6 is 15.9 Å². The molecule has 0 spiro atoms. The van der Waals surface area contributed by atoms with E-state index in [1.807, 2.05) is 0 Å². The Morgan fingerprint density at radius 2 is 1.96 bits per heavy atom. The molecule has 2 N–H and O–H groups in total. The Hall–Kier alpha value is -1.70. The number of primary amides is 1. The molecule has 2 aromatic heterocycles. The standard InChI is InChI=1S/C9H11BrN4.C6H11NO2/c1-9(2,3)8-12-5-7-11-4-6(10)14(7)13-8;7-6(8)9-5-3-1-2-4-5/h4-5H,1-3H3;5H,1-4H2,(H2,7,8). The van der Waals surface area contributed by atoms with Crippen molar-refractivity contribution in [1.29, 1.82) is 0 Å². The summed E-state index contributed by atoms with van der Waals surface area (Å²) in [7, 11) is 0. The number of aromatic nitrogens is 4. The second-order valence-corrected chi connectivity index (χ2v) is 7.34. The molecular weight excluding hydrogens is 362 g/mol. The summed E-state index contributed by atoms with van der Waals surface area (Å²) in [5.74, 6) is 0.809. The molecule has 3 rings (SSSR count). The van der Waals surface area contributed by atoms with Crippen molar-refractivity contribution in [3.63, 3.8) is 0 Å². The summed E-state index contributed by atoms with van der Waals surface area (Å²) < 4.78 is 7.34. The zero-order chi connectivity index (χ0) is 17.0. The van der Waals surface area contributed by atoms with E-state index in [1.165, 1.54) is 0 Å². The van der Waals surface area contributed by atoms with E-state index >= 15 is 0 Å². The van der Waals surface area contributed by atoms with E-state index in [9.17, 15) is 4.79 Å². The van der Waals surface area contributed by atoms with Gasteiger partial charge in [0.1, 0.15) is 10.7 Å². The van der Waals surface area contributed by atoms with Crippen LogP contribution in [0.5, 0.6) is 0 Å². The van der Waals surface area contributed by atoms with Gasteiger partial charge in [0, 0.05) is 5.41 Å². The van der Waals surface area contributed by atoms with Crippen LogP contribution in [-0.2, 0) is 10.2 Å². The van der Waals surface area contributed by atoms with Crippen LogP contribution in [0.25, 0.3) is 5.65 Å². The van der Waals surface area contributed by atoms with E-state index in [-0.39, 0.29) is 11.5 Å². The van der Waals surface area contributed by atoms with Crippen molar-refractivity contribution in [3.8, 4) is 0 Å². The van der Waals surface area contributed by atoms with Gasteiger partial charge in [-0.1, -0.05) is 20.8 Å². The van der Waals surface area contributed by atoms with Gasteiger partial charge in [0.05, 0.1) is 12.4 Å². The summed E-state index contributed by atoms with van der Waals surface area (Å²) in [6.45, 7) is 6.25. The minimum Gasteiger partial charge on any atom is -0.446 e. The molecule has 0 radical (unpaired) electrons. The molecule has 0 saturated heterocycles. The van der Waals surface area contributed by atoms with Gasteiger partial charge < -0.3 is 10.5 Å². The number of carbonyl (C=O) groups is 1. The zero-order valence-corrected chi connectivity index (χ0v) is 15.2. The Kier molecular flexibility index (Phi) is 5.56. The zero-order valence-electron chi connectivity index (χ0n) is 13.6. The second-order valence-electron chi connectivity index (χ2n) is 6.53. The normalized spacial score (nSPS) is 15.3. The van der Waals surface area contributed by atoms with Gasteiger partial charge in [-0.25, -0.2) is 19.3 Å². The molecule has 7 nitrogen and oxygen atoms in total. The summed E-state index contributed by atoms with van der Waals surface area (Å²) in [6.07, 6.45) is 7.24. The molecular formula is C15H22BrN5O2. The highest BCUT2D eigenvalue weighted by Crippen LogP contribution is 2.20. The number of halogens is 1. The predicted molar refractivity (Wildman–Crippen MR) is 90.1 cm³/mol. The predicted octanol–water partition coefficient (Wildman–Crippen LogP) is 3.21. The molecule has 23 heavy (non-hydrogen) atoms. The summed E-state index contributed by atoms with van der Waals surface area (Å²) >= 11 is 3.38. The van der Waals surface area contributed by atoms with Gasteiger partial charge in [0.15, 0.2) is 11.5 Å². The van der Waals surface area contributed by atoms with Crippen molar-refractivity contribution < 1.29 is 9.53 Å². The highest BCUT2D eigenvalue weighted by Gasteiger charge is 2.18. The third-order valence-electron chi connectivity index (χ3n) is 3.48. The van der Waals surface area contributed by atoms with E-state index in [4.69, 9.17) is 10.5 Å². The van der Waals surface area contributed by atoms with Crippen molar-refractivity contribution in [2.24, 2.45) is 5.73 Å². The number of hydrogen-bond donors (Lipinski definition) is 1. The van der Waals surface area contributed by atoms with Crippen LogP contribution in [0.2, 0.25) is 0 Å². The summed E-state index contributed by atoms with van der Waals surface area (Å²) in [5.41, 5.74) is 5.52. The monoisotopic (exact) mass is 383 g/mol. The molecule has 126 valence electrons. The average molecular weight is 384 g/mol. The fraction of sp³-hybridized carbons (Fsp3) is 0.600. The lowest BCUT2D eigenvalue weighted by molar-refractivity contribution is 0.110. The Labute approximate surface area is 143 Å². The number of ether oxygens (including phenoxy) is 1. The summed E-state index contributed by atoms with van der Waals surface area (Å²) in [4.78, 5) is 18.6. The minimum atomic E-state index is -0.637. The topological polar surface area (TPSA) is 95.4 Å². The molecule has 1 amide bonds. The van der Waals surface area contributed by atoms with Gasteiger partial charge in [-0.2, -0.15) is 0 Å². The van der Waals surface area contributed by atoms with Crippen LogP contribution in [-0.4, -0.2) is 31.8 Å². The number of rotatable bonds is 1. The number of amides is 1. The largest absolute Gasteiger partial charge is 0.446 e. The Morgan fingerprint density at radius 1 is 1.30 bits per heavy atom. The molecule has 0 atom stereocenters.